The largest absolute Gasteiger partial charge is 0.382 e. The van der Waals surface area contributed by atoms with Crippen LogP contribution in [0.2, 0.25) is 0 Å². The molecule has 70 valence electrons. The molecule has 1 aliphatic rings. The lowest BCUT2D eigenvalue weighted by atomic mass is 9.96. The minimum absolute atomic E-state index is 0.0306. The van der Waals surface area contributed by atoms with Gasteiger partial charge in [0, 0.05) is 19.0 Å². The zero-order valence-electron chi connectivity index (χ0n) is 7.66. The van der Waals surface area contributed by atoms with Gasteiger partial charge >= 0.3 is 0 Å². The van der Waals surface area contributed by atoms with Crippen molar-refractivity contribution in [3.05, 3.63) is 5.56 Å². The number of carbonyl (C=O) groups is 1. The van der Waals surface area contributed by atoms with Gasteiger partial charge < -0.3 is 11.1 Å². The van der Waals surface area contributed by atoms with Crippen molar-refractivity contribution in [2.24, 2.45) is 7.05 Å². The predicted molar refractivity (Wildman–Crippen MR) is 49.3 cm³/mol. The van der Waals surface area contributed by atoms with E-state index in [0.717, 1.165) is 11.4 Å². The molecule has 1 aliphatic heterocycles. The molecule has 1 amide bonds. The van der Waals surface area contributed by atoms with Gasteiger partial charge in [-0.15, -0.1) is 0 Å². The van der Waals surface area contributed by atoms with E-state index in [0.29, 0.717) is 12.2 Å². The van der Waals surface area contributed by atoms with Crippen molar-refractivity contribution in [2.75, 3.05) is 11.1 Å². The monoisotopic (exact) mass is 180 g/mol. The number of hydrogen-bond donors (Lipinski definition) is 2. The lowest BCUT2D eigenvalue weighted by Gasteiger charge is -2.19. The first kappa shape index (κ1) is 8.10. The SMILES string of the molecule is C[C@@H]1CC(=O)Nc2c1c(N)nn2C. The summed E-state index contributed by atoms with van der Waals surface area (Å²) in [5.41, 5.74) is 6.68. The van der Waals surface area contributed by atoms with Crippen LogP contribution in [0.15, 0.2) is 0 Å². The number of rotatable bonds is 0. The van der Waals surface area contributed by atoms with Crippen LogP contribution in [-0.4, -0.2) is 15.7 Å². The highest BCUT2D eigenvalue weighted by molar-refractivity contribution is 5.94. The molecule has 1 atom stereocenters. The van der Waals surface area contributed by atoms with Gasteiger partial charge in [-0.2, -0.15) is 5.10 Å². The molecule has 3 N–H and O–H groups in total. The predicted octanol–water partition coefficient (Wildman–Crippen LogP) is 0.448. The molecule has 13 heavy (non-hydrogen) atoms. The first-order valence-corrected chi connectivity index (χ1v) is 4.22. The lowest BCUT2D eigenvalue weighted by Crippen LogP contribution is -2.22. The van der Waals surface area contributed by atoms with Crippen LogP contribution in [0.5, 0.6) is 0 Å². The topological polar surface area (TPSA) is 72.9 Å². The van der Waals surface area contributed by atoms with E-state index in [1.165, 1.54) is 0 Å². The molecule has 0 spiro atoms. The van der Waals surface area contributed by atoms with Crippen LogP contribution in [0.25, 0.3) is 0 Å². The maximum atomic E-state index is 11.2. The molecule has 5 nitrogen and oxygen atoms in total. The molecule has 2 rings (SSSR count). The van der Waals surface area contributed by atoms with Crippen LogP contribution >= 0.6 is 0 Å². The highest BCUT2D eigenvalue weighted by atomic mass is 16.1. The fourth-order valence-corrected chi connectivity index (χ4v) is 1.76. The lowest BCUT2D eigenvalue weighted by molar-refractivity contribution is -0.116. The van der Waals surface area contributed by atoms with Gasteiger partial charge in [0.15, 0.2) is 5.82 Å². The zero-order chi connectivity index (χ0) is 9.59. The highest BCUT2D eigenvalue weighted by Gasteiger charge is 2.27. The van der Waals surface area contributed by atoms with Crippen LogP contribution in [-0.2, 0) is 11.8 Å². The molecule has 0 radical (unpaired) electrons. The fourth-order valence-electron chi connectivity index (χ4n) is 1.76. The Balaban J connectivity index is 2.57. The maximum Gasteiger partial charge on any atom is 0.226 e. The Morgan fingerprint density at radius 2 is 2.38 bits per heavy atom. The van der Waals surface area contributed by atoms with E-state index >= 15 is 0 Å². The summed E-state index contributed by atoms with van der Waals surface area (Å²) in [5.74, 6) is 1.45. The van der Waals surface area contributed by atoms with Crippen molar-refractivity contribution < 1.29 is 4.79 Å². The number of aryl methyl sites for hydroxylation is 1. The summed E-state index contributed by atoms with van der Waals surface area (Å²) >= 11 is 0. The van der Waals surface area contributed by atoms with Crippen LogP contribution in [0, 0.1) is 0 Å². The highest BCUT2D eigenvalue weighted by Crippen LogP contribution is 2.35. The van der Waals surface area contributed by atoms with E-state index < -0.39 is 0 Å². The summed E-state index contributed by atoms with van der Waals surface area (Å²) in [6.45, 7) is 1.98. The Hall–Kier alpha value is -1.52. The van der Waals surface area contributed by atoms with E-state index in [-0.39, 0.29) is 11.8 Å². The molecule has 0 aromatic carbocycles. The molecule has 0 aliphatic carbocycles. The number of hydrogen-bond acceptors (Lipinski definition) is 3. The molecule has 2 heterocycles. The Labute approximate surface area is 75.9 Å². The second kappa shape index (κ2) is 2.48. The number of nitrogens with one attached hydrogen (secondary N) is 1. The number of anilines is 2. The Bertz CT molecular complexity index is 368. The number of amides is 1. The molecule has 1 aromatic rings. The van der Waals surface area contributed by atoms with E-state index in [1.807, 2.05) is 6.92 Å². The van der Waals surface area contributed by atoms with Crippen molar-refractivity contribution in [1.82, 2.24) is 9.78 Å². The van der Waals surface area contributed by atoms with Gasteiger partial charge in [-0.3, -0.25) is 9.48 Å². The third-order valence-corrected chi connectivity index (χ3v) is 2.35. The van der Waals surface area contributed by atoms with E-state index in [9.17, 15) is 4.79 Å². The van der Waals surface area contributed by atoms with Crippen LogP contribution in [0.3, 0.4) is 0 Å². The number of fused-ring (bicyclic) bond motifs is 1. The maximum absolute atomic E-state index is 11.2. The first-order chi connectivity index (χ1) is 6.09. The van der Waals surface area contributed by atoms with Gasteiger partial charge in [0.05, 0.1) is 0 Å². The molecule has 0 fully saturated rings. The van der Waals surface area contributed by atoms with Gasteiger partial charge in [0.1, 0.15) is 5.82 Å². The molecule has 1 aromatic heterocycles. The Morgan fingerprint density at radius 3 is 3.08 bits per heavy atom. The zero-order valence-corrected chi connectivity index (χ0v) is 7.66. The minimum Gasteiger partial charge on any atom is -0.382 e. The molecular weight excluding hydrogens is 168 g/mol. The third-order valence-electron chi connectivity index (χ3n) is 2.35. The van der Waals surface area contributed by atoms with E-state index in [2.05, 4.69) is 10.4 Å². The number of carbonyl (C=O) groups excluding carboxylic acids is 1. The Kier molecular flexibility index (Phi) is 1.55. The molecular formula is C8H12N4O. The normalized spacial score (nSPS) is 21.1. The van der Waals surface area contributed by atoms with Crippen LogP contribution in [0.4, 0.5) is 11.6 Å². The van der Waals surface area contributed by atoms with Crippen molar-refractivity contribution >= 4 is 17.5 Å². The molecule has 0 saturated carbocycles. The number of nitrogens with two attached hydrogens (primary N) is 1. The molecule has 5 heteroatoms. The quantitative estimate of drug-likeness (QED) is 0.608. The number of aromatic nitrogens is 2. The van der Waals surface area contributed by atoms with E-state index in [4.69, 9.17) is 5.73 Å². The second-order valence-electron chi connectivity index (χ2n) is 3.42. The van der Waals surface area contributed by atoms with Crippen LogP contribution < -0.4 is 11.1 Å². The average Bonchev–Trinajstić information content (AvgIpc) is 2.27. The van der Waals surface area contributed by atoms with Crippen molar-refractivity contribution in [3.8, 4) is 0 Å². The van der Waals surface area contributed by atoms with Crippen molar-refractivity contribution in [1.29, 1.82) is 0 Å². The number of nitrogen functional groups attached to an aromatic ring is 1. The molecule has 0 unspecified atom stereocenters. The minimum atomic E-state index is 0.0306. The van der Waals surface area contributed by atoms with E-state index in [1.54, 1.807) is 11.7 Å². The number of nitrogens with zero attached hydrogens (tertiary/aromatic N) is 2. The first-order valence-electron chi connectivity index (χ1n) is 4.22. The van der Waals surface area contributed by atoms with Gasteiger partial charge in [-0.1, -0.05) is 6.92 Å². The standard InChI is InChI=1S/C8H12N4O/c1-4-3-5(13)10-8-6(4)7(9)11-12(8)2/h4H,3H2,1-2H3,(H2,9,11)(H,10,13)/t4-/m1/s1. The Morgan fingerprint density at radius 1 is 1.69 bits per heavy atom. The average molecular weight is 180 g/mol. The summed E-state index contributed by atoms with van der Waals surface area (Å²) in [6.07, 6.45) is 0.489. The fraction of sp³-hybridized carbons (Fsp3) is 0.500. The second-order valence-corrected chi connectivity index (χ2v) is 3.42. The summed E-state index contributed by atoms with van der Waals surface area (Å²) in [5, 5.41) is 6.82. The summed E-state index contributed by atoms with van der Waals surface area (Å²) < 4.78 is 1.61. The van der Waals surface area contributed by atoms with Gasteiger partial charge in [-0.05, 0) is 5.92 Å². The van der Waals surface area contributed by atoms with Crippen molar-refractivity contribution in [2.45, 2.75) is 19.3 Å². The van der Waals surface area contributed by atoms with Gasteiger partial charge in [0.2, 0.25) is 5.91 Å². The van der Waals surface area contributed by atoms with Crippen molar-refractivity contribution in [3.63, 3.8) is 0 Å². The van der Waals surface area contributed by atoms with Gasteiger partial charge in [0.25, 0.3) is 0 Å². The molecule has 0 saturated heterocycles. The van der Waals surface area contributed by atoms with Crippen LogP contribution in [0.1, 0.15) is 24.8 Å². The summed E-state index contributed by atoms with van der Waals surface area (Å²) in [6, 6.07) is 0. The smallest absolute Gasteiger partial charge is 0.226 e. The molecule has 0 bridgehead atoms. The van der Waals surface area contributed by atoms with Gasteiger partial charge in [-0.25, -0.2) is 0 Å². The third kappa shape index (κ3) is 1.07. The summed E-state index contributed by atoms with van der Waals surface area (Å²) in [4.78, 5) is 11.2. The summed E-state index contributed by atoms with van der Waals surface area (Å²) in [7, 11) is 1.77.